The van der Waals surface area contributed by atoms with Gasteiger partial charge in [-0.3, -0.25) is 4.79 Å². The van der Waals surface area contributed by atoms with E-state index in [-0.39, 0.29) is 11.8 Å². The minimum atomic E-state index is -0.808. The fourth-order valence-corrected chi connectivity index (χ4v) is 2.71. The van der Waals surface area contributed by atoms with Crippen molar-refractivity contribution in [1.29, 1.82) is 5.26 Å². The summed E-state index contributed by atoms with van der Waals surface area (Å²) in [5, 5.41) is 12.2. The Morgan fingerprint density at radius 1 is 1.42 bits per heavy atom. The SMILES string of the molecule is CCCCOc1ccc(NC(=O)[C@@](C)(OCC)C2CC2)cc1C#N. The third-order valence-electron chi connectivity index (χ3n) is 4.36. The van der Waals surface area contributed by atoms with Gasteiger partial charge < -0.3 is 14.8 Å². The third-order valence-corrected chi connectivity index (χ3v) is 4.36. The van der Waals surface area contributed by atoms with Gasteiger partial charge in [-0.05, 0) is 57.2 Å². The smallest absolute Gasteiger partial charge is 0.256 e. The number of benzene rings is 1. The second-order valence-corrected chi connectivity index (χ2v) is 6.29. The number of carbonyl (C=O) groups is 1. The lowest BCUT2D eigenvalue weighted by Gasteiger charge is -2.28. The number of nitrogens with zero attached hydrogens (tertiary/aromatic N) is 1. The summed E-state index contributed by atoms with van der Waals surface area (Å²) < 4.78 is 11.4. The molecule has 1 aromatic rings. The standard InChI is InChI=1S/C19H26N2O3/c1-4-6-11-23-17-10-9-16(12-14(17)13-20)21-18(22)19(3,24-5-2)15-7-8-15/h9-10,12,15H,4-8,11H2,1-3H3,(H,21,22)/t19-/m0/s1. The largest absolute Gasteiger partial charge is 0.492 e. The molecular weight excluding hydrogens is 304 g/mol. The van der Waals surface area contributed by atoms with Crippen LogP contribution in [0.5, 0.6) is 5.75 Å². The number of hydrogen-bond acceptors (Lipinski definition) is 4. The molecule has 2 rings (SSSR count). The molecule has 0 heterocycles. The van der Waals surface area contributed by atoms with Gasteiger partial charge in [0.1, 0.15) is 17.4 Å². The number of ether oxygens (including phenoxy) is 2. The summed E-state index contributed by atoms with van der Waals surface area (Å²) in [7, 11) is 0. The van der Waals surface area contributed by atoms with Gasteiger partial charge >= 0.3 is 0 Å². The average molecular weight is 330 g/mol. The molecule has 1 amide bonds. The molecule has 0 radical (unpaired) electrons. The molecule has 5 nitrogen and oxygen atoms in total. The molecule has 0 spiro atoms. The summed E-state index contributed by atoms with van der Waals surface area (Å²) >= 11 is 0. The van der Waals surface area contributed by atoms with Gasteiger partial charge in [0.25, 0.3) is 5.91 Å². The van der Waals surface area contributed by atoms with Crippen molar-refractivity contribution in [3.63, 3.8) is 0 Å². The van der Waals surface area contributed by atoms with Crippen molar-refractivity contribution in [3.05, 3.63) is 23.8 Å². The number of amides is 1. The Balaban J connectivity index is 2.09. The summed E-state index contributed by atoms with van der Waals surface area (Å²) in [4.78, 5) is 12.7. The number of rotatable bonds is 9. The predicted octanol–water partition coefficient (Wildman–Crippen LogP) is 3.88. The van der Waals surface area contributed by atoms with Crippen LogP contribution in [0, 0.1) is 17.2 Å². The molecule has 0 saturated heterocycles. The van der Waals surface area contributed by atoms with Crippen molar-refractivity contribution >= 4 is 11.6 Å². The molecule has 0 aromatic heterocycles. The van der Waals surface area contributed by atoms with Crippen molar-refractivity contribution in [2.24, 2.45) is 5.92 Å². The average Bonchev–Trinajstić information content (AvgIpc) is 3.41. The molecule has 1 fully saturated rings. The zero-order valence-electron chi connectivity index (χ0n) is 14.7. The summed E-state index contributed by atoms with van der Waals surface area (Å²) in [6.07, 6.45) is 4.00. The van der Waals surface area contributed by atoms with E-state index in [2.05, 4.69) is 18.3 Å². The minimum absolute atomic E-state index is 0.157. The Labute approximate surface area is 144 Å². The van der Waals surface area contributed by atoms with Gasteiger partial charge in [0, 0.05) is 12.3 Å². The Kier molecular flexibility index (Phi) is 6.22. The molecule has 1 N–H and O–H groups in total. The first-order valence-corrected chi connectivity index (χ1v) is 8.67. The van der Waals surface area contributed by atoms with Gasteiger partial charge in [-0.2, -0.15) is 5.26 Å². The topological polar surface area (TPSA) is 71.3 Å². The van der Waals surface area contributed by atoms with Crippen molar-refractivity contribution in [2.75, 3.05) is 18.5 Å². The van der Waals surface area contributed by atoms with Gasteiger partial charge in [-0.15, -0.1) is 0 Å². The number of carbonyl (C=O) groups excluding carboxylic acids is 1. The van der Waals surface area contributed by atoms with Crippen LogP contribution >= 0.6 is 0 Å². The van der Waals surface area contributed by atoms with Crippen LogP contribution in [0.4, 0.5) is 5.69 Å². The van der Waals surface area contributed by atoms with Gasteiger partial charge in [-0.25, -0.2) is 0 Å². The summed E-state index contributed by atoms with van der Waals surface area (Å²) in [6, 6.07) is 7.28. The monoisotopic (exact) mass is 330 g/mol. The van der Waals surface area contributed by atoms with Crippen LogP contribution in [0.25, 0.3) is 0 Å². The number of hydrogen-bond donors (Lipinski definition) is 1. The molecule has 1 aliphatic carbocycles. The van der Waals surface area contributed by atoms with E-state index in [1.165, 1.54) is 0 Å². The molecule has 130 valence electrons. The molecule has 1 saturated carbocycles. The highest BCUT2D eigenvalue weighted by molar-refractivity contribution is 5.97. The number of unbranched alkanes of at least 4 members (excludes halogenated alkanes) is 1. The lowest BCUT2D eigenvalue weighted by Crippen LogP contribution is -2.44. The van der Waals surface area contributed by atoms with Crippen LogP contribution in [0.3, 0.4) is 0 Å². The Morgan fingerprint density at radius 2 is 2.17 bits per heavy atom. The molecule has 1 aliphatic rings. The first-order chi connectivity index (χ1) is 11.5. The molecule has 0 unspecified atom stereocenters. The van der Waals surface area contributed by atoms with E-state index in [9.17, 15) is 10.1 Å². The maximum absolute atomic E-state index is 12.7. The predicted molar refractivity (Wildman–Crippen MR) is 92.9 cm³/mol. The fourth-order valence-electron chi connectivity index (χ4n) is 2.71. The van der Waals surface area contributed by atoms with Crippen LogP contribution in [0.2, 0.25) is 0 Å². The van der Waals surface area contributed by atoms with Crippen molar-refractivity contribution in [1.82, 2.24) is 0 Å². The zero-order valence-corrected chi connectivity index (χ0v) is 14.7. The fraction of sp³-hybridized carbons (Fsp3) is 0.579. The third kappa shape index (κ3) is 4.27. The van der Waals surface area contributed by atoms with Gasteiger partial charge in [-0.1, -0.05) is 13.3 Å². The van der Waals surface area contributed by atoms with Gasteiger partial charge in [0.15, 0.2) is 0 Å². The summed E-state index contributed by atoms with van der Waals surface area (Å²) in [5.74, 6) is 0.665. The normalized spacial score (nSPS) is 16.1. The molecule has 0 aliphatic heterocycles. The lowest BCUT2D eigenvalue weighted by atomic mass is 9.98. The summed E-state index contributed by atoms with van der Waals surface area (Å²) in [6.45, 7) is 6.90. The second-order valence-electron chi connectivity index (χ2n) is 6.29. The Hall–Kier alpha value is -2.06. The van der Waals surface area contributed by atoms with E-state index in [4.69, 9.17) is 9.47 Å². The van der Waals surface area contributed by atoms with E-state index < -0.39 is 5.60 Å². The van der Waals surface area contributed by atoms with Crippen molar-refractivity contribution in [3.8, 4) is 11.8 Å². The van der Waals surface area contributed by atoms with Crippen LogP contribution in [0.15, 0.2) is 18.2 Å². The van der Waals surface area contributed by atoms with Crippen LogP contribution in [0.1, 0.15) is 52.0 Å². The molecule has 24 heavy (non-hydrogen) atoms. The number of nitrogens with one attached hydrogen (secondary N) is 1. The van der Waals surface area contributed by atoms with Crippen molar-refractivity contribution < 1.29 is 14.3 Å². The van der Waals surface area contributed by atoms with Gasteiger partial charge in [0.05, 0.1) is 12.2 Å². The van der Waals surface area contributed by atoms with E-state index in [0.717, 1.165) is 25.7 Å². The van der Waals surface area contributed by atoms with E-state index in [1.54, 1.807) is 18.2 Å². The maximum Gasteiger partial charge on any atom is 0.256 e. The van der Waals surface area contributed by atoms with Gasteiger partial charge in [0.2, 0.25) is 0 Å². The van der Waals surface area contributed by atoms with Crippen molar-refractivity contribution in [2.45, 2.75) is 52.1 Å². The Bertz CT molecular complexity index is 620. The molecular formula is C19H26N2O3. The number of nitriles is 1. The quantitative estimate of drug-likeness (QED) is 0.697. The Morgan fingerprint density at radius 3 is 2.75 bits per heavy atom. The van der Waals surface area contributed by atoms with Crippen LogP contribution in [-0.4, -0.2) is 24.7 Å². The first-order valence-electron chi connectivity index (χ1n) is 8.67. The molecule has 1 atom stereocenters. The molecule has 5 heteroatoms. The van der Waals surface area contributed by atoms with Crippen LogP contribution in [-0.2, 0) is 9.53 Å². The maximum atomic E-state index is 12.7. The lowest BCUT2D eigenvalue weighted by molar-refractivity contribution is -0.141. The second kappa shape index (κ2) is 8.16. The van der Waals surface area contributed by atoms with Crippen LogP contribution < -0.4 is 10.1 Å². The summed E-state index contributed by atoms with van der Waals surface area (Å²) in [5.41, 5.74) is 0.206. The van der Waals surface area contributed by atoms with E-state index in [1.807, 2.05) is 13.8 Å². The highest BCUT2D eigenvalue weighted by atomic mass is 16.5. The van der Waals surface area contributed by atoms with E-state index >= 15 is 0 Å². The highest BCUT2D eigenvalue weighted by Gasteiger charge is 2.48. The minimum Gasteiger partial charge on any atom is -0.492 e. The molecule has 1 aromatic carbocycles. The highest BCUT2D eigenvalue weighted by Crippen LogP contribution is 2.42. The zero-order chi connectivity index (χ0) is 17.6. The van der Waals surface area contributed by atoms with E-state index in [0.29, 0.717) is 30.2 Å². The molecule has 0 bridgehead atoms. The first kappa shape index (κ1) is 18.3. The number of anilines is 1.